The number of piperidine rings is 1. The van der Waals surface area contributed by atoms with Gasteiger partial charge in [-0.25, -0.2) is 0 Å². The van der Waals surface area contributed by atoms with Crippen LogP contribution in [0.3, 0.4) is 0 Å². The first-order valence-electron chi connectivity index (χ1n) is 7.30. The summed E-state index contributed by atoms with van der Waals surface area (Å²) in [7, 11) is 3.33. The molecule has 0 aliphatic carbocycles. The Kier molecular flexibility index (Phi) is 5.61. The van der Waals surface area contributed by atoms with E-state index in [1.807, 2.05) is 6.07 Å². The molecule has 5 heteroatoms. The molecule has 0 aromatic carbocycles. The predicted molar refractivity (Wildman–Crippen MR) is 79.3 cm³/mol. The standard InChI is InChI=1S/C15H25N3O2/c1-4-18(12-5-8-16-9-6-12)11-13-15(20-3)14(19-2)7-10-17-13/h7,10,12,16H,4-6,8-9,11H2,1-3H3. The number of rotatable bonds is 6. The second-order valence-corrected chi connectivity index (χ2v) is 5.04. The van der Waals surface area contributed by atoms with Gasteiger partial charge < -0.3 is 14.8 Å². The van der Waals surface area contributed by atoms with E-state index in [1.165, 1.54) is 12.8 Å². The van der Waals surface area contributed by atoms with Gasteiger partial charge in [0.2, 0.25) is 0 Å². The molecular formula is C15H25N3O2. The summed E-state index contributed by atoms with van der Waals surface area (Å²) in [4.78, 5) is 6.96. The maximum absolute atomic E-state index is 5.47. The fourth-order valence-electron chi connectivity index (χ4n) is 2.83. The highest BCUT2D eigenvalue weighted by Crippen LogP contribution is 2.30. The summed E-state index contributed by atoms with van der Waals surface area (Å²) < 4.78 is 10.8. The SMILES string of the molecule is CCN(Cc1nccc(OC)c1OC)C1CCNCC1. The molecule has 1 aliphatic heterocycles. The molecule has 0 unspecified atom stereocenters. The van der Waals surface area contributed by atoms with E-state index in [9.17, 15) is 0 Å². The molecular weight excluding hydrogens is 254 g/mol. The van der Waals surface area contributed by atoms with Crippen LogP contribution in [-0.2, 0) is 6.54 Å². The summed E-state index contributed by atoms with van der Waals surface area (Å²) in [6.07, 6.45) is 4.17. The van der Waals surface area contributed by atoms with E-state index in [2.05, 4.69) is 22.1 Å². The summed E-state index contributed by atoms with van der Waals surface area (Å²) in [6.45, 7) is 6.23. The average molecular weight is 279 g/mol. The van der Waals surface area contributed by atoms with Crippen molar-refractivity contribution in [1.82, 2.24) is 15.2 Å². The molecule has 2 heterocycles. The van der Waals surface area contributed by atoms with Crippen molar-refractivity contribution in [2.24, 2.45) is 0 Å². The Morgan fingerprint density at radius 3 is 2.65 bits per heavy atom. The summed E-state index contributed by atoms with van der Waals surface area (Å²) in [6, 6.07) is 2.46. The molecule has 1 saturated heterocycles. The molecule has 0 spiro atoms. The highest BCUT2D eigenvalue weighted by Gasteiger charge is 2.22. The van der Waals surface area contributed by atoms with E-state index in [-0.39, 0.29) is 0 Å². The highest BCUT2D eigenvalue weighted by atomic mass is 16.5. The molecule has 1 fully saturated rings. The number of ether oxygens (including phenoxy) is 2. The molecule has 1 N–H and O–H groups in total. The van der Waals surface area contributed by atoms with E-state index in [1.54, 1.807) is 20.4 Å². The Balaban J connectivity index is 2.14. The Morgan fingerprint density at radius 1 is 1.30 bits per heavy atom. The molecule has 20 heavy (non-hydrogen) atoms. The Labute approximate surface area is 121 Å². The van der Waals surface area contributed by atoms with E-state index in [0.29, 0.717) is 6.04 Å². The van der Waals surface area contributed by atoms with Crippen molar-refractivity contribution in [3.63, 3.8) is 0 Å². The average Bonchev–Trinajstić information content (AvgIpc) is 2.52. The van der Waals surface area contributed by atoms with Crippen molar-refractivity contribution < 1.29 is 9.47 Å². The van der Waals surface area contributed by atoms with Crippen molar-refractivity contribution >= 4 is 0 Å². The monoisotopic (exact) mass is 279 g/mol. The van der Waals surface area contributed by atoms with Gasteiger partial charge in [-0.1, -0.05) is 6.92 Å². The molecule has 2 rings (SSSR count). The van der Waals surface area contributed by atoms with Crippen LogP contribution in [0.2, 0.25) is 0 Å². The first kappa shape index (κ1) is 15.1. The predicted octanol–water partition coefficient (Wildman–Crippen LogP) is 1.67. The van der Waals surface area contributed by atoms with Crippen LogP contribution in [0.1, 0.15) is 25.5 Å². The van der Waals surface area contributed by atoms with Gasteiger partial charge in [0.1, 0.15) is 5.69 Å². The zero-order valence-corrected chi connectivity index (χ0v) is 12.7. The van der Waals surface area contributed by atoms with Gasteiger partial charge in [-0.05, 0) is 32.5 Å². The minimum Gasteiger partial charge on any atom is -0.493 e. The minimum atomic E-state index is 0.624. The Morgan fingerprint density at radius 2 is 2.05 bits per heavy atom. The molecule has 0 atom stereocenters. The molecule has 5 nitrogen and oxygen atoms in total. The molecule has 1 aromatic rings. The zero-order valence-electron chi connectivity index (χ0n) is 12.7. The maximum Gasteiger partial charge on any atom is 0.183 e. The zero-order chi connectivity index (χ0) is 14.4. The molecule has 112 valence electrons. The summed E-state index contributed by atoms with van der Waals surface area (Å²) >= 11 is 0. The minimum absolute atomic E-state index is 0.624. The lowest BCUT2D eigenvalue weighted by Crippen LogP contribution is -2.42. The summed E-state index contributed by atoms with van der Waals surface area (Å²) in [5, 5.41) is 3.41. The van der Waals surface area contributed by atoms with Crippen molar-refractivity contribution in [3.05, 3.63) is 18.0 Å². The Hall–Kier alpha value is -1.33. The number of hydrogen-bond donors (Lipinski definition) is 1. The van der Waals surface area contributed by atoms with Gasteiger partial charge in [0, 0.05) is 24.8 Å². The Bertz CT molecular complexity index is 420. The lowest BCUT2D eigenvalue weighted by Gasteiger charge is -2.33. The second kappa shape index (κ2) is 7.45. The second-order valence-electron chi connectivity index (χ2n) is 5.04. The normalized spacial score (nSPS) is 16.4. The third-order valence-corrected chi connectivity index (χ3v) is 3.95. The number of aromatic nitrogens is 1. The van der Waals surface area contributed by atoms with E-state index < -0.39 is 0 Å². The number of pyridine rings is 1. The fraction of sp³-hybridized carbons (Fsp3) is 0.667. The quantitative estimate of drug-likeness (QED) is 0.858. The number of hydrogen-bond acceptors (Lipinski definition) is 5. The van der Waals surface area contributed by atoms with E-state index in [4.69, 9.17) is 9.47 Å². The highest BCUT2D eigenvalue weighted by molar-refractivity contribution is 5.42. The van der Waals surface area contributed by atoms with Gasteiger partial charge in [-0.2, -0.15) is 0 Å². The lowest BCUT2D eigenvalue weighted by molar-refractivity contribution is 0.158. The third kappa shape index (κ3) is 3.41. The largest absolute Gasteiger partial charge is 0.493 e. The van der Waals surface area contributed by atoms with Crippen LogP contribution >= 0.6 is 0 Å². The van der Waals surface area contributed by atoms with Crippen molar-refractivity contribution in [2.45, 2.75) is 32.4 Å². The van der Waals surface area contributed by atoms with Gasteiger partial charge in [0.05, 0.1) is 14.2 Å². The van der Waals surface area contributed by atoms with Gasteiger partial charge in [-0.3, -0.25) is 9.88 Å². The molecule has 0 bridgehead atoms. The van der Waals surface area contributed by atoms with Crippen molar-refractivity contribution in [3.8, 4) is 11.5 Å². The van der Waals surface area contributed by atoms with Gasteiger partial charge in [0.15, 0.2) is 11.5 Å². The molecule has 0 radical (unpaired) electrons. The van der Waals surface area contributed by atoms with Crippen molar-refractivity contribution in [1.29, 1.82) is 0 Å². The molecule has 0 amide bonds. The van der Waals surface area contributed by atoms with Gasteiger partial charge >= 0.3 is 0 Å². The van der Waals surface area contributed by atoms with Gasteiger partial charge in [0.25, 0.3) is 0 Å². The topological polar surface area (TPSA) is 46.6 Å². The molecule has 0 saturated carbocycles. The van der Waals surface area contributed by atoms with Crippen LogP contribution in [0.25, 0.3) is 0 Å². The number of methoxy groups -OCH3 is 2. The molecule has 1 aromatic heterocycles. The summed E-state index contributed by atoms with van der Waals surface area (Å²) in [5.41, 5.74) is 0.951. The first-order valence-corrected chi connectivity index (χ1v) is 7.30. The van der Waals surface area contributed by atoms with E-state index >= 15 is 0 Å². The number of nitrogens with zero attached hydrogens (tertiary/aromatic N) is 2. The van der Waals surface area contributed by atoms with Crippen LogP contribution in [0, 0.1) is 0 Å². The van der Waals surface area contributed by atoms with Crippen LogP contribution in [0.15, 0.2) is 12.3 Å². The lowest BCUT2D eigenvalue weighted by atomic mass is 10.0. The maximum atomic E-state index is 5.47. The van der Waals surface area contributed by atoms with Crippen LogP contribution in [-0.4, -0.2) is 49.8 Å². The van der Waals surface area contributed by atoms with E-state index in [0.717, 1.165) is 43.4 Å². The third-order valence-electron chi connectivity index (χ3n) is 3.95. The number of nitrogens with one attached hydrogen (secondary N) is 1. The summed E-state index contributed by atoms with van der Waals surface area (Å²) in [5.74, 6) is 1.50. The van der Waals surface area contributed by atoms with Crippen LogP contribution in [0.5, 0.6) is 11.5 Å². The molecule has 1 aliphatic rings. The van der Waals surface area contributed by atoms with Crippen LogP contribution < -0.4 is 14.8 Å². The van der Waals surface area contributed by atoms with Gasteiger partial charge in [-0.15, -0.1) is 0 Å². The first-order chi connectivity index (χ1) is 9.80. The smallest absolute Gasteiger partial charge is 0.183 e. The fourth-order valence-corrected chi connectivity index (χ4v) is 2.83. The van der Waals surface area contributed by atoms with Crippen LogP contribution in [0.4, 0.5) is 0 Å². The van der Waals surface area contributed by atoms with Crippen molar-refractivity contribution in [2.75, 3.05) is 33.9 Å².